The summed E-state index contributed by atoms with van der Waals surface area (Å²) in [6.07, 6.45) is -9.93. The van der Waals surface area contributed by atoms with E-state index in [9.17, 15) is 36.2 Å². The fraction of sp³-hybridized carbons (Fsp3) is 0.435. The molecule has 16 heteroatoms. The van der Waals surface area contributed by atoms with Gasteiger partial charge < -0.3 is 14.7 Å². The number of aromatic amines is 1. The molecule has 0 radical (unpaired) electrons. The quantitative estimate of drug-likeness (QED) is 0.234. The second kappa shape index (κ2) is 10.6. The van der Waals surface area contributed by atoms with Crippen LogP contribution in [0.1, 0.15) is 23.2 Å². The van der Waals surface area contributed by atoms with Crippen LogP contribution < -0.4 is 4.90 Å². The van der Waals surface area contributed by atoms with Crippen molar-refractivity contribution in [3.8, 4) is 11.4 Å². The molecule has 3 aromatic rings. The minimum atomic E-state index is -5.30. The first-order valence-corrected chi connectivity index (χ1v) is 13.0. The highest BCUT2D eigenvalue weighted by molar-refractivity contribution is 7.99. The lowest BCUT2D eigenvalue weighted by Gasteiger charge is -2.40. The lowest BCUT2D eigenvalue weighted by molar-refractivity contribution is -0.265. The number of rotatable bonds is 6. The van der Waals surface area contributed by atoms with Crippen LogP contribution in [-0.4, -0.2) is 69.5 Å². The topological polar surface area (TPSA) is 94.6 Å². The Morgan fingerprint density at radius 3 is 2.46 bits per heavy atom. The van der Waals surface area contributed by atoms with Crippen LogP contribution >= 0.6 is 23.3 Å². The van der Waals surface area contributed by atoms with Crippen molar-refractivity contribution >= 4 is 34.9 Å². The van der Waals surface area contributed by atoms with Crippen LogP contribution in [-0.2, 0) is 21.3 Å². The summed E-state index contributed by atoms with van der Waals surface area (Å²) < 4.78 is 89.0. The Morgan fingerprint density at radius 2 is 1.90 bits per heavy atom. The van der Waals surface area contributed by atoms with Crippen LogP contribution in [0.4, 0.5) is 32.0 Å². The van der Waals surface area contributed by atoms with Crippen molar-refractivity contribution in [2.75, 3.05) is 31.6 Å². The number of anilines is 1. The molecule has 0 aliphatic carbocycles. The number of methoxy groups -OCH3 is 1. The van der Waals surface area contributed by atoms with Gasteiger partial charge >= 0.3 is 18.3 Å². The number of H-pyrrole nitrogens is 1. The van der Waals surface area contributed by atoms with Crippen LogP contribution in [0.2, 0.25) is 0 Å². The molecule has 1 aliphatic heterocycles. The minimum Gasteiger partial charge on any atom is -0.466 e. The van der Waals surface area contributed by atoms with Crippen molar-refractivity contribution in [1.82, 2.24) is 19.5 Å². The third-order valence-corrected chi connectivity index (χ3v) is 8.66. The molecule has 0 bridgehead atoms. The first kappa shape index (κ1) is 29.2. The summed E-state index contributed by atoms with van der Waals surface area (Å²) >= 11 is 1.68. The number of aryl methyl sites for hydroxylation is 1. The minimum absolute atomic E-state index is 0.00161. The second-order valence-corrected chi connectivity index (χ2v) is 11.3. The van der Waals surface area contributed by atoms with E-state index in [0.717, 1.165) is 31.2 Å². The first-order chi connectivity index (χ1) is 18.1. The van der Waals surface area contributed by atoms with E-state index in [0.29, 0.717) is 27.9 Å². The van der Waals surface area contributed by atoms with Gasteiger partial charge in [0.05, 0.1) is 21.8 Å². The summed E-state index contributed by atoms with van der Waals surface area (Å²) in [5.41, 5.74) is -4.41. The number of halogens is 6. The Morgan fingerprint density at radius 1 is 1.18 bits per heavy atom. The number of nitrogens with zero attached hydrogens (tertiary/aromatic N) is 4. The summed E-state index contributed by atoms with van der Waals surface area (Å²) in [6.45, 7) is 4.14. The summed E-state index contributed by atoms with van der Waals surface area (Å²) in [4.78, 5) is 16.9. The molecule has 3 heterocycles. The van der Waals surface area contributed by atoms with E-state index in [2.05, 4.69) is 19.9 Å². The average Bonchev–Trinajstić information content (AvgIpc) is 3.52. The van der Waals surface area contributed by atoms with E-state index in [1.54, 1.807) is 18.7 Å². The maximum absolute atomic E-state index is 14.0. The monoisotopic (exact) mass is 595 g/mol. The maximum Gasteiger partial charge on any atom is 0.433 e. The summed E-state index contributed by atoms with van der Waals surface area (Å²) in [7, 11) is 0.746. The van der Waals surface area contributed by atoms with Crippen molar-refractivity contribution in [2.24, 2.45) is 0 Å². The van der Waals surface area contributed by atoms with Crippen molar-refractivity contribution in [1.29, 1.82) is 0 Å². The number of benzene rings is 1. The van der Waals surface area contributed by atoms with Crippen LogP contribution in [0.3, 0.4) is 0 Å². The standard InChI is InChI=1S/C23H23F6N5O3S2/c1-12-11-33(16-5-4-14(10-15(16)22(24,25)26)19-30-13(2)31-32-19)8-9-34(12)39-18-7-6-17(38-18)21(36,20(35)37-3)23(27,28)29/h4-7,10,12,36H,8-9,11H2,1-3H3,(H,30,31,32). The number of aromatic nitrogens is 3. The van der Waals surface area contributed by atoms with Gasteiger partial charge in [-0.1, -0.05) is 0 Å². The van der Waals surface area contributed by atoms with E-state index in [1.165, 1.54) is 18.2 Å². The molecule has 4 rings (SSSR count). The van der Waals surface area contributed by atoms with Gasteiger partial charge in [0.25, 0.3) is 5.60 Å². The van der Waals surface area contributed by atoms with Crippen molar-refractivity contribution in [2.45, 2.75) is 42.1 Å². The molecule has 2 aromatic heterocycles. The molecule has 2 atom stereocenters. The molecule has 0 saturated carbocycles. The molecule has 0 spiro atoms. The summed E-state index contributed by atoms with van der Waals surface area (Å²) in [5.74, 6) is -1.23. The predicted octanol–water partition coefficient (Wildman–Crippen LogP) is 5.00. The van der Waals surface area contributed by atoms with Crippen molar-refractivity contribution in [3.63, 3.8) is 0 Å². The molecule has 1 fully saturated rings. The van der Waals surface area contributed by atoms with E-state index >= 15 is 0 Å². The van der Waals surface area contributed by atoms with Crippen LogP contribution in [0.5, 0.6) is 0 Å². The molecule has 1 aliphatic rings. The molecular formula is C23H23F6N5O3S2. The number of esters is 1. The Bertz CT molecular complexity index is 1340. The zero-order valence-electron chi connectivity index (χ0n) is 20.7. The molecule has 0 amide bonds. The highest BCUT2D eigenvalue weighted by atomic mass is 32.2. The number of alkyl halides is 6. The fourth-order valence-electron chi connectivity index (χ4n) is 4.13. The zero-order valence-corrected chi connectivity index (χ0v) is 22.4. The Labute approximate surface area is 227 Å². The van der Waals surface area contributed by atoms with Gasteiger partial charge in [0.15, 0.2) is 5.82 Å². The van der Waals surface area contributed by atoms with E-state index in [4.69, 9.17) is 0 Å². The van der Waals surface area contributed by atoms with Crippen LogP contribution in [0, 0.1) is 6.92 Å². The van der Waals surface area contributed by atoms with Gasteiger partial charge in [-0.05, 0) is 56.1 Å². The van der Waals surface area contributed by atoms with Crippen LogP contribution in [0.25, 0.3) is 11.4 Å². The molecular weight excluding hydrogens is 572 g/mol. The van der Waals surface area contributed by atoms with Crippen molar-refractivity contribution in [3.05, 3.63) is 46.6 Å². The molecule has 1 saturated heterocycles. The number of thiophene rings is 1. The number of nitrogens with one attached hydrogen (secondary N) is 1. The second-order valence-electron chi connectivity index (χ2n) is 8.82. The summed E-state index contributed by atoms with van der Waals surface area (Å²) in [5, 5.41) is 16.7. The lowest BCUT2D eigenvalue weighted by Crippen LogP contribution is -2.49. The normalized spacial score (nSPS) is 18.7. The first-order valence-electron chi connectivity index (χ1n) is 11.4. The summed E-state index contributed by atoms with van der Waals surface area (Å²) in [6, 6.07) is 5.97. The SMILES string of the molecule is COC(=O)C(O)(c1ccc(SN2CCN(c3ccc(-c4n[nH]c(C)n4)cc3C(F)(F)F)CC2C)s1)C(F)(F)F. The predicted molar refractivity (Wildman–Crippen MR) is 132 cm³/mol. The van der Waals surface area contributed by atoms with Gasteiger partial charge in [-0.2, -0.15) is 31.4 Å². The number of carbonyl (C=O) groups excluding carboxylic acids is 1. The molecule has 212 valence electrons. The highest BCUT2D eigenvalue weighted by Crippen LogP contribution is 2.45. The molecule has 2 N–H and O–H groups in total. The van der Waals surface area contributed by atoms with Gasteiger partial charge in [0, 0.05) is 36.9 Å². The Balaban J connectivity index is 1.51. The molecule has 39 heavy (non-hydrogen) atoms. The maximum atomic E-state index is 14.0. The molecule has 1 aromatic carbocycles. The Hall–Kier alpha value is -2.82. The van der Waals surface area contributed by atoms with Crippen molar-refractivity contribution < 1.29 is 41.0 Å². The number of aliphatic hydroxyl groups is 1. The van der Waals surface area contributed by atoms with Crippen LogP contribution in [0.15, 0.2) is 34.5 Å². The van der Waals surface area contributed by atoms with Gasteiger partial charge in [-0.25, -0.2) is 14.1 Å². The Kier molecular flexibility index (Phi) is 7.95. The number of hydrogen-bond acceptors (Lipinski definition) is 9. The third kappa shape index (κ3) is 5.73. The molecule has 2 unspecified atom stereocenters. The van der Waals surface area contributed by atoms with E-state index in [-0.39, 0.29) is 36.2 Å². The number of piperazine rings is 1. The van der Waals surface area contributed by atoms with Gasteiger partial charge in [-0.3, -0.25) is 5.10 Å². The number of carbonyl (C=O) groups is 1. The van der Waals surface area contributed by atoms with Gasteiger partial charge in [-0.15, -0.1) is 11.3 Å². The van der Waals surface area contributed by atoms with E-state index < -0.39 is 34.4 Å². The average molecular weight is 596 g/mol. The van der Waals surface area contributed by atoms with Gasteiger partial charge in [0.1, 0.15) is 5.82 Å². The third-order valence-electron chi connectivity index (χ3n) is 6.10. The highest BCUT2D eigenvalue weighted by Gasteiger charge is 2.63. The number of hydrogen-bond donors (Lipinski definition) is 2. The molecule has 8 nitrogen and oxygen atoms in total. The van der Waals surface area contributed by atoms with Gasteiger partial charge in [0.2, 0.25) is 0 Å². The van der Waals surface area contributed by atoms with E-state index in [1.807, 2.05) is 4.31 Å². The zero-order chi connectivity index (χ0) is 28.8. The number of ether oxygens (including phenoxy) is 1. The largest absolute Gasteiger partial charge is 0.466 e. The lowest BCUT2D eigenvalue weighted by atomic mass is 10.0. The fourth-order valence-corrected chi connectivity index (χ4v) is 6.45. The smallest absolute Gasteiger partial charge is 0.433 e.